The van der Waals surface area contributed by atoms with E-state index in [0.29, 0.717) is 11.3 Å². The van der Waals surface area contributed by atoms with Gasteiger partial charge in [0.25, 0.3) is 0 Å². The molecular formula is C12H19ClFNO2. The van der Waals surface area contributed by atoms with Crippen molar-refractivity contribution in [3.63, 3.8) is 0 Å². The van der Waals surface area contributed by atoms with Gasteiger partial charge in [-0.15, -0.1) is 12.4 Å². The fourth-order valence-electron chi connectivity index (χ4n) is 1.56. The molecule has 0 heterocycles. The van der Waals surface area contributed by atoms with E-state index in [0.717, 1.165) is 0 Å². The molecule has 2 atom stereocenters. The number of ether oxygens (including phenoxy) is 1. The van der Waals surface area contributed by atoms with E-state index in [4.69, 9.17) is 10.5 Å². The molecule has 17 heavy (non-hydrogen) atoms. The molecule has 0 radical (unpaired) electrons. The molecule has 0 aliphatic heterocycles. The van der Waals surface area contributed by atoms with Crippen molar-refractivity contribution in [2.24, 2.45) is 11.7 Å². The quantitative estimate of drug-likeness (QED) is 0.876. The van der Waals surface area contributed by atoms with Crippen LogP contribution in [0.3, 0.4) is 0 Å². The van der Waals surface area contributed by atoms with Crippen LogP contribution in [0.1, 0.15) is 25.5 Å². The van der Waals surface area contributed by atoms with Crippen LogP contribution in [0, 0.1) is 11.7 Å². The zero-order chi connectivity index (χ0) is 12.3. The maximum Gasteiger partial charge on any atom is 0.126 e. The minimum absolute atomic E-state index is 0. The first-order valence-electron chi connectivity index (χ1n) is 5.24. The van der Waals surface area contributed by atoms with Gasteiger partial charge in [-0.1, -0.05) is 19.9 Å². The monoisotopic (exact) mass is 263 g/mol. The Balaban J connectivity index is 0.00000256. The van der Waals surface area contributed by atoms with Gasteiger partial charge in [-0.3, -0.25) is 0 Å². The Labute approximate surface area is 107 Å². The Kier molecular flexibility index (Phi) is 6.45. The fraction of sp³-hybridized carbons (Fsp3) is 0.500. The number of hydrogen-bond donors (Lipinski definition) is 2. The summed E-state index contributed by atoms with van der Waals surface area (Å²) in [7, 11) is 1.45. The summed E-state index contributed by atoms with van der Waals surface area (Å²) in [5.74, 6) is 0.0174. The lowest BCUT2D eigenvalue weighted by Crippen LogP contribution is -2.30. The van der Waals surface area contributed by atoms with Crippen molar-refractivity contribution in [1.82, 2.24) is 0 Å². The van der Waals surface area contributed by atoms with Crippen molar-refractivity contribution in [1.29, 1.82) is 0 Å². The first-order chi connectivity index (χ1) is 7.47. The molecule has 1 aromatic rings. The van der Waals surface area contributed by atoms with E-state index >= 15 is 0 Å². The molecule has 0 unspecified atom stereocenters. The van der Waals surface area contributed by atoms with Crippen molar-refractivity contribution in [2.75, 3.05) is 7.11 Å². The third-order valence-electron chi connectivity index (χ3n) is 2.61. The molecule has 3 N–H and O–H groups in total. The molecule has 0 aliphatic rings. The number of halogens is 2. The summed E-state index contributed by atoms with van der Waals surface area (Å²) in [4.78, 5) is 0. The molecule has 0 saturated heterocycles. The predicted molar refractivity (Wildman–Crippen MR) is 68.0 cm³/mol. The molecule has 0 saturated carbocycles. The number of hydrogen-bond acceptors (Lipinski definition) is 3. The summed E-state index contributed by atoms with van der Waals surface area (Å²) in [6.07, 6.45) is -0.681. The highest BCUT2D eigenvalue weighted by Gasteiger charge is 2.23. The zero-order valence-corrected chi connectivity index (χ0v) is 11.0. The minimum atomic E-state index is -0.681. The van der Waals surface area contributed by atoms with Gasteiger partial charge in [0.05, 0.1) is 19.3 Å². The molecule has 98 valence electrons. The van der Waals surface area contributed by atoms with Crippen LogP contribution in [0.25, 0.3) is 0 Å². The minimum Gasteiger partial charge on any atom is -0.496 e. The molecule has 1 rings (SSSR count). The van der Waals surface area contributed by atoms with E-state index in [-0.39, 0.29) is 24.1 Å². The lowest BCUT2D eigenvalue weighted by molar-refractivity contribution is 0.0969. The Morgan fingerprint density at radius 2 is 1.94 bits per heavy atom. The first kappa shape index (κ1) is 16.2. The molecule has 0 fully saturated rings. The lowest BCUT2D eigenvalue weighted by Gasteiger charge is -2.23. The fourth-order valence-corrected chi connectivity index (χ4v) is 1.56. The Morgan fingerprint density at radius 1 is 1.35 bits per heavy atom. The van der Waals surface area contributed by atoms with Crippen LogP contribution in [0.15, 0.2) is 18.2 Å². The molecule has 1 aromatic carbocycles. The molecule has 0 amide bonds. The highest BCUT2D eigenvalue weighted by molar-refractivity contribution is 5.85. The van der Waals surface area contributed by atoms with E-state index in [9.17, 15) is 9.50 Å². The number of benzene rings is 1. The van der Waals surface area contributed by atoms with Crippen molar-refractivity contribution >= 4 is 12.4 Å². The molecule has 0 bridgehead atoms. The van der Waals surface area contributed by atoms with E-state index in [2.05, 4.69) is 0 Å². The molecule has 0 spiro atoms. The van der Waals surface area contributed by atoms with E-state index in [1.54, 1.807) is 6.07 Å². The van der Waals surface area contributed by atoms with Crippen LogP contribution in [0.5, 0.6) is 5.75 Å². The van der Waals surface area contributed by atoms with Gasteiger partial charge < -0.3 is 15.6 Å². The normalized spacial score (nSPS) is 14.1. The van der Waals surface area contributed by atoms with Crippen LogP contribution < -0.4 is 10.5 Å². The third-order valence-corrected chi connectivity index (χ3v) is 2.61. The van der Waals surface area contributed by atoms with Crippen LogP contribution in [-0.2, 0) is 0 Å². The largest absolute Gasteiger partial charge is 0.496 e. The highest BCUT2D eigenvalue weighted by Crippen LogP contribution is 2.28. The molecular weight excluding hydrogens is 245 g/mol. The van der Waals surface area contributed by atoms with Gasteiger partial charge in [0.2, 0.25) is 0 Å². The number of methoxy groups -OCH3 is 1. The van der Waals surface area contributed by atoms with Crippen molar-refractivity contribution in [2.45, 2.75) is 26.0 Å². The number of aliphatic hydroxyl groups excluding tert-OH is 1. The number of aliphatic hydroxyl groups is 1. The second-order valence-corrected chi connectivity index (χ2v) is 4.15. The van der Waals surface area contributed by atoms with Crippen LogP contribution in [-0.4, -0.2) is 18.3 Å². The van der Waals surface area contributed by atoms with E-state index in [1.165, 1.54) is 19.2 Å². The maximum absolute atomic E-state index is 13.0. The molecule has 5 heteroatoms. The van der Waals surface area contributed by atoms with Gasteiger partial charge in [0, 0.05) is 11.6 Å². The van der Waals surface area contributed by atoms with E-state index in [1.807, 2.05) is 13.8 Å². The van der Waals surface area contributed by atoms with Gasteiger partial charge in [0.15, 0.2) is 0 Å². The zero-order valence-electron chi connectivity index (χ0n) is 10.2. The second-order valence-electron chi connectivity index (χ2n) is 4.15. The van der Waals surface area contributed by atoms with Crippen molar-refractivity contribution < 1.29 is 14.2 Å². The summed E-state index contributed by atoms with van der Waals surface area (Å²) in [5, 5.41) is 9.86. The first-order valence-corrected chi connectivity index (χ1v) is 5.24. The van der Waals surface area contributed by atoms with Gasteiger partial charge in [-0.2, -0.15) is 0 Å². The second kappa shape index (κ2) is 6.79. The molecule has 0 aromatic heterocycles. The number of rotatable bonds is 4. The van der Waals surface area contributed by atoms with Gasteiger partial charge in [0.1, 0.15) is 11.6 Å². The SMILES string of the molecule is COc1cc(F)ccc1[C@H](N)[C@H](O)C(C)C.Cl. The topological polar surface area (TPSA) is 55.5 Å². The van der Waals surface area contributed by atoms with Crippen LogP contribution in [0.4, 0.5) is 4.39 Å². The number of nitrogens with two attached hydrogens (primary N) is 1. The predicted octanol–water partition coefficient (Wildman–Crippen LogP) is 2.27. The van der Waals surface area contributed by atoms with Crippen molar-refractivity contribution in [3.05, 3.63) is 29.6 Å². The summed E-state index contributed by atoms with van der Waals surface area (Å²) in [6.45, 7) is 3.75. The average Bonchev–Trinajstić information content (AvgIpc) is 2.26. The van der Waals surface area contributed by atoms with Crippen LogP contribution >= 0.6 is 12.4 Å². The lowest BCUT2D eigenvalue weighted by atomic mass is 9.94. The van der Waals surface area contributed by atoms with Crippen LogP contribution in [0.2, 0.25) is 0 Å². The standard InChI is InChI=1S/C12H18FNO2.ClH/c1-7(2)12(15)11(14)9-5-4-8(13)6-10(9)16-3;/h4-7,11-12,15H,14H2,1-3H3;1H/t11-,12+;/m0./s1. The summed E-state index contributed by atoms with van der Waals surface area (Å²) < 4.78 is 18.0. The Bertz CT molecular complexity index is 360. The third kappa shape index (κ3) is 3.84. The van der Waals surface area contributed by atoms with Gasteiger partial charge in [-0.25, -0.2) is 4.39 Å². The Hall–Kier alpha value is -0.840. The highest BCUT2D eigenvalue weighted by atomic mass is 35.5. The molecule has 0 aliphatic carbocycles. The van der Waals surface area contributed by atoms with E-state index < -0.39 is 12.1 Å². The Morgan fingerprint density at radius 3 is 2.41 bits per heavy atom. The average molecular weight is 264 g/mol. The smallest absolute Gasteiger partial charge is 0.126 e. The summed E-state index contributed by atoms with van der Waals surface area (Å²) in [5.41, 5.74) is 6.53. The molecule has 3 nitrogen and oxygen atoms in total. The summed E-state index contributed by atoms with van der Waals surface area (Å²) in [6, 6.07) is 3.55. The van der Waals surface area contributed by atoms with Gasteiger partial charge in [-0.05, 0) is 12.0 Å². The summed E-state index contributed by atoms with van der Waals surface area (Å²) >= 11 is 0. The maximum atomic E-state index is 13.0. The van der Waals surface area contributed by atoms with Gasteiger partial charge >= 0.3 is 0 Å². The van der Waals surface area contributed by atoms with Crippen molar-refractivity contribution in [3.8, 4) is 5.75 Å².